The molecule has 1 fully saturated rings. The molecule has 0 unspecified atom stereocenters. The molecule has 1 rings (SSSR count). The van der Waals surface area contributed by atoms with Crippen LogP contribution in [0.5, 0.6) is 0 Å². The first kappa shape index (κ1) is 23.4. The summed E-state index contributed by atoms with van der Waals surface area (Å²) in [7, 11) is -1.79. The minimum atomic E-state index is -1.79. The minimum absolute atomic E-state index is 0.0516. The number of hydrogen-bond acceptors (Lipinski definition) is 4. The van der Waals surface area contributed by atoms with E-state index in [-0.39, 0.29) is 30.6 Å². The standard InChI is InChI=1S/C19H38FNO4Si/c1-17(2,3)25-16(22)21-11-9-19(20,10-12-21)15-23-13-14-24-26(7,8)18(4,5)6/h9-15H2,1-8H3. The number of hydrogen-bond donors (Lipinski definition) is 0. The van der Waals surface area contributed by atoms with Gasteiger partial charge in [0.2, 0.25) is 0 Å². The molecule has 0 atom stereocenters. The summed E-state index contributed by atoms with van der Waals surface area (Å²) in [6, 6.07) is 0. The van der Waals surface area contributed by atoms with Crippen LogP contribution < -0.4 is 0 Å². The van der Waals surface area contributed by atoms with Crippen molar-refractivity contribution in [2.75, 3.05) is 32.9 Å². The van der Waals surface area contributed by atoms with Gasteiger partial charge in [0.05, 0.1) is 19.8 Å². The molecule has 1 aliphatic rings. The van der Waals surface area contributed by atoms with E-state index in [9.17, 15) is 9.18 Å². The van der Waals surface area contributed by atoms with Crippen molar-refractivity contribution in [3.05, 3.63) is 0 Å². The zero-order valence-electron chi connectivity index (χ0n) is 17.9. The average Bonchev–Trinajstić information content (AvgIpc) is 2.44. The lowest BCUT2D eigenvalue weighted by Crippen LogP contribution is -2.48. The number of alkyl halides is 1. The fourth-order valence-electron chi connectivity index (χ4n) is 2.39. The number of carbonyl (C=O) groups excluding carboxylic acids is 1. The van der Waals surface area contributed by atoms with E-state index < -0.39 is 19.6 Å². The van der Waals surface area contributed by atoms with Gasteiger partial charge in [-0.05, 0) is 38.9 Å². The fraction of sp³-hybridized carbons (Fsp3) is 0.947. The van der Waals surface area contributed by atoms with E-state index >= 15 is 0 Å². The van der Waals surface area contributed by atoms with Crippen molar-refractivity contribution in [1.82, 2.24) is 4.90 Å². The third kappa shape index (κ3) is 7.52. The molecule has 1 aliphatic heterocycles. The first-order valence-corrected chi connectivity index (χ1v) is 12.4. The van der Waals surface area contributed by atoms with Crippen molar-refractivity contribution in [3.8, 4) is 0 Å². The largest absolute Gasteiger partial charge is 0.444 e. The van der Waals surface area contributed by atoms with E-state index in [0.29, 0.717) is 26.3 Å². The van der Waals surface area contributed by atoms with E-state index in [1.165, 1.54) is 0 Å². The van der Waals surface area contributed by atoms with Crippen LogP contribution in [0.1, 0.15) is 54.4 Å². The minimum Gasteiger partial charge on any atom is -0.444 e. The molecule has 154 valence electrons. The summed E-state index contributed by atoms with van der Waals surface area (Å²) < 4.78 is 31.8. The summed E-state index contributed by atoms with van der Waals surface area (Å²) in [5, 5.41) is 0.156. The molecule has 0 aromatic rings. The van der Waals surface area contributed by atoms with Gasteiger partial charge < -0.3 is 18.8 Å². The van der Waals surface area contributed by atoms with Gasteiger partial charge in [-0.25, -0.2) is 9.18 Å². The van der Waals surface area contributed by atoms with E-state index in [0.717, 1.165) is 0 Å². The van der Waals surface area contributed by atoms with Gasteiger partial charge in [-0.15, -0.1) is 0 Å². The number of carbonyl (C=O) groups is 1. The first-order chi connectivity index (χ1) is 11.7. The maximum atomic E-state index is 14.9. The average molecular weight is 392 g/mol. The number of ether oxygens (including phenoxy) is 2. The van der Waals surface area contributed by atoms with Crippen molar-refractivity contribution in [3.63, 3.8) is 0 Å². The topological polar surface area (TPSA) is 48.0 Å². The van der Waals surface area contributed by atoms with Gasteiger partial charge in [-0.3, -0.25) is 0 Å². The van der Waals surface area contributed by atoms with Crippen molar-refractivity contribution in [2.45, 2.75) is 83.8 Å². The zero-order chi connectivity index (χ0) is 20.2. The normalized spacial score (nSPS) is 18.7. The van der Waals surface area contributed by atoms with E-state index in [1.54, 1.807) is 4.90 Å². The summed E-state index contributed by atoms with van der Waals surface area (Å²) in [5.74, 6) is 0. The molecule has 0 aromatic heterocycles. The molecule has 0 bridgehead atoms. The van der Waals surface area contributed by atoms with E-state index in [4.69, 9.17) is 13.9 Å². The van der Waals surface area contributed by atoms with Gasteiger partial charge >= 0.3 is 6.09 Å². The lowest BCUT2D eigenvalue weighted by Gasteiger charge is -2.37. The number of piperidine rings is 1. The van der Waals surface area contributed by atoms with Crippen LogP contribution in [0.15, 0.2) is 0 Å². The third-order valence-corrected chi connectivity index (χ3v) is 9.71. The summed E-state index contributed by atoms with van der Waals surface area (Å²) >= 11 is 0. The lowest BCUT2D eigenvalue weighted by molar-refractivity contribution is -0.0377. The van der Waals surface area contributed by atoms with Gasteiger partial charge in [0.15, 0.2) is 8.32 Å². The van der Waals surface area contributed by atoms with Crippen LogP contribution in [0.3, 0.4) is 0 Å². The molecule has 1 saturated heterocycles. The number of halogens is 1. The van der Waals surface area contributed by atoms with Crippen LogP contribution in [0.4, 0.5) is 9.18 Å². The maximum Gasteiger partial charge on any atom is 0.410 e. The Morgan fingerprint density at radius 2 is 1.62 bits per heavy atom. The highest BCUT2D eigenvalue weighted by atomic mass is 28.4. The molecule has 0 saturated carbocycles. The molecular weight excluding hydrogens is 353 g/mol. The van der Waals surface area contributed by atoms with Gasteiger partial charge in [0.25, 0.3) is 0 Å². The van der Waals surface area contributed by atoms with E-state index in [2.05, 4.69) is 33.9 Å². The molecule has 0 N–H and O–H groups in total. The molecule has 5 nitrogen and oxygen atoms in total. The van der Waals surface area contributed by atoms with Crippen LogP contribution in [0.2, 0.25) is 18.1 Å². The van der Waals surface area contributed by atoms with Crippen LogP contribution >= 0.6 is 0 Å². The summed E-state index contributed by atoms with van der Waals surface area (Å²) in [5.41, 5.74) is -1.91. The Hall–Kier alpha value is -0.663. The van der Waals surface area contributed by atoms with Crippen molar-refractivity contribution < 1.29 is 23.1 Å². The van der Waals surface area contributed by atoms with Gasteiger partial charge in [-0.2, -0.15) is 0 Å². The molecule has 0 radical (unpaired) electrons. The third-order valence-electron chi connectivity index (χ3n) is 5.17. The molecule has 26 heavy (non-hydrogen) atoms. The highest BCUT2D eigenvalue weighted by molar-refractivity contribution is 6.74. The number of likely N-dealkylation sites (tertiary alicyclic amines) is 1. The molecule has 0 aromatic carbocycles. The number of nitrogens with zero attached hydrogens (tertiary/aromatic N) is 1. The van der Waals surface area contributed by atoms with Crippen LogP contribution in [0, 0.1) is 0 Å². The fourth-order valence-corrected chi connectivity index (χ4v) is 3.41. The Kier molecular flexibility index (Phi) is 7.70. The molecule has 1 heterocycles. The van der Waals surface area contributed by atoms with Crippen molar-refractivity contribution in [2.24, 2.45) is 0 Å². The van der Waals surface area contributed by atoms with Crippen molar-refractivity contribution in [1.29, 1.82) is 0 Å². The van der Waals surface area contributed by atoms with Gasteiger partial charge in [0.1, 0.15) is 11.3 Å². The molecule has 0 spiro atoms. The summed E-state index contributed by atoms with van der Waals surface area (Å²) in [4.78, 5) is 13.6. The predicted molar refractivity (Wildman–Crippen MR) is 105 cm³/mol. The highest BCUT2D eigenvalue weighted by Gasteiger charge is 2.38. The Balaban J connectivity index is 2.30. The lowest BCUT2D eigenvalue weighted by atomic mass is 9.94. The summed E-state index contributed by atoms with van der Waals surface area (Å²) in [6.45, 7) is 18.1. The number of amides is 1. The quantitative estimate of drug-likeness (QED) is 0.484. The number of rotatable bonds is 6. The van der Waals surface area contributed by atoms with Crippen LogP contribution in [0.25, 0.3) is 0 Å². The smallest absolute Gasteiger partial charge is 0.410 e. The second kappa shape index (κ2) is 8.57. The Labute approximate surface area is 159 Å². The van der Waals surface area contributed by atoms with Gasteiger partial charge in [-0.1, -0.05) is 20.8 Å². The van der Waals surface area contributed by atoms with Crippen LogP contribution in [-0.2, 0) is 13.9 Å². The second-order valence-electron chi connectivity index (χ2n) is 9.78. The second-order valence-corrected chi connectivity index (χ2v) is 14.6. The molecule has 0 aliphatic carbocycles. The highest BCUT2D eigenvalue weighted by Crippen LogP contribution is 2.36. The Morgan fingerprint density at radius 1 is 1.08 bits per heavy atom. The molecule has 7 heteroatoms. The zero-order valence-corrected chi connectivity index (χ0v) is 18.9. The van der Waals surface area contributed by atoms with Gasteiger partial charge in [0, 0.05) is 25.9 Å². The SMILES string of the molecule is CC(C)(C)OC(=O)N1CCC(F)(COCCO[Si](C)(C)C(C)(C)C)CC1. The monoisotopic (exact) mass is 391 g/mol. The molecule has 1 amide bonds. The predicted octanol–water partition coefficient (Wildman–Crippen LogP) is 4.76. The van der Waals surface area contributed by atoms with Crippen molar-refractivity contribution >= 4 is 14.4 Å². The van der Waals surface area contributed by atoms with E-state index in [1.807, 2.05) is 20.8 Å². The Morgan fingerprint density at radius 3 is 2.08 bits per heavy atom. The van der Waals surface area contributed by atoms with Crippen LogP contribution in [-0.4, -0.2) is 63.5 Å². The molecular formula is C19H38FNO4Si. The summed E-state index contributed by atoms with van der Waals surface area (Å²) in [6.07, 6.45) is 0.174. The first-order valence-electron chi connectivity index (χ1n) is 9.54. The Bertz CT molecular complexity index is 463. The maximum absolute atomic E-state index is 14.9.